The zero-order valence-electron chi connectivity index (χ0n) is 13.6. The molecule has 4 heteroatoms. The van der Waals surface area contributed by atoms with Gasteiger partial charge in [0.25, 0.3) is 0 Å². The van der Waals surface area contributed by atoms with E-state index in [0.29, 0.717) is 6.61 Å². The Morgan fingerprint density at radius 1 is 1.04 bits per heavy atom. The van der Waals surface area contributed by atoms with E-state index in [-0.39, 0.29) is 0 Å². The Morgan fingerprint density at radius 3 is 2.43 bits per heavy atom. The maximum absolute atomic E-state index is 5.96. The molecule has 0 atom stereocenters. The molecule has 0 radical (unpaired) electrons. The van der Waals surface area contributed by atoms with Crippen molar-refractivity contribution in [1.82, 2.24) is 0 Å². The van der Waals surface area contributed by atoms with Crippen LogP contribution in [0.25, 0.3) is 0 Å². The second kappa shape index (κ2) is 7.71. The number of hydrogen-bond donors (Lipinski definition) is 1. The van der Waals surface area contributed by atoms with Crippen LogP contribution in [0.5, 0.6) is 5.75 Å². The number of anilines is 1. The van der Waals surface area contributed by atoms with Gasteiger partial charge in [-0.2, -0.15) is 0 Å². The first-order valence-electron chi connectivity index (χ1n) is 8.31. The fourth-order valence-corrected chi connectivity index (χ4v) is 3.25. The molecule has 3 nitrogen and oxygen atoms in total. The number of nitrogens with zero attached hydrogens (tertiary/aromatic N) is 1. The summed E-state index contributed by atoms with van der Waals surface area (Å²) in [5.41, 5.74) is 2.58. The molecule has 1 saturated heterocycles. The fourth-order valence-electron chi connectivity index (χ4n) is 3.13. The van der Waals surface area contributed by atoms with Crippen LogP contribution in [0.15, 0.2) is 48.5 Å². The minimum Gasteiger partial charge on any atom is -0.492 e. The second-order valence-corrected chi connectivity index (χ2v) is 6.38. The molecular formula is C19H24ClN2O+. The van der Waals surface area contributed by atoms with Gasteiger partial charge in [0.05, 0.1) is 38.5 Å². The second-order valence-electron chi connectivity index (χ2n) is 5.94. The lowest BCUT2D eigenvalue weighted by atomic mass is 10.2. The molecule has 0 bridgehead atoms. The zero-order chi connectivity index (χ0) is 16.1. The first kappa shape index (κ1) is 16.2. The number of quaternary nitrogens is 1. The van der Waals surface area contributed by atoms with Crippen molar-refractivity contribution >= 4 is 17.3 Å². The largest absolute Gasteiger partial charge is 0.492 e. The molecule has 2 aromatic carbocycles. The van der Waals surface area contributed by atoms with Crippen molar-refractivity contribution in [3.63, 3.8) is 0 Å². The van der Waals surface area contributed by atoms with Gasteiger partial charge < -0.3 is 14.5 Å². The summed E-state index contributed by atoms with van der Waals surface area (Å²) < 4.78 is 5.76. The summed E-state index contributed by atoms with van der Waals surface area (Å²) in [6.07, 6.45) is 0. The molecule has 0 unspecified atom stereocenters. The van der Waals surface area contributed by atoms with Gasteiger partial charge in [0.2, 0.25) is 0 Å². The third kappa shape index (κ3) is 4.18. The Bertz CT molecular complexity index is 622. The van der Waals surface area contributed by atoms with Crippen LogP contribution in [0.4, 0.5) is 5.69 Å². The van der Waals surface area contributed by atoms with E-state index in [0.717, 1.165) is 43.5 Å². The zero-order valence-corrected chi connectivity index (χ0v) is 14.4. The molecule has 2 aromatic rings. The summed E-state index contributed by atoms with van der Waals surface area (Å²) in [5.74, 6) is 0.996. The Kier molecular flexibility index (Phi) is 5.42. The number of piperazine rings is 1. The molecule has 0 spiro atoms. The van der Waals surface area contributed by atoms with E-state index in [9.17, 15) is 0 Å². The maximum Gasteiger partial charge on any atom is 0.142 e. The van der Waals surface area contributed by atoms with Gasteiger partial charge >= 0.3 is 0 Å². The van der Waals surface area contributed by atoms with Crippen molar-refractivity contribution in [3.8, 4) is 5.75 Å². The lowest BCUT2D eigenvalue weighted by Gasteiger charge is -2.34. The quantitative estimate of drug-likeness (QED) is 0.907. The van der Waals surface area contributed by atoms with E-state index in [1.807, 2.05) is 25.1 Å². The third-order valence-corrected chi connectivity index (χ3v) is 4.60. The first-order chi connectivity index (χ1) is 11.3. The van der Waals surface area contributed by atoms with E-state index < -0.39 is 0 Å². The monoisotopic (exact) mass is 331 g/mol. The normalized spacial score (nSPS) is 15.7. The van der Waals surface area contributed by atoms with E-state index in [1.54, 1.807) is 4.90 Å². The molecule has 23 heavy (non-hydrogen) atoms. The Morgan fingerprint density at radius 2 is 1.74 bits per heavy atom. The predicted octanol–water partition coefficient (Wildman–Crippen LogP) is 2.64. The molecule has 122 valence electrons. The number of benzene rings is 2. The van der Waals surface area contributed by atoms with Crippen LogP contribution in [0.2, 0.25) is 5.02 Å². The average Bonchev–Trinajstić information content (AvgIpc) is 2.59. The van der Waals surface area contributed by atoms with Gasteiger partial charge in [0.15, 0.2) is 0 Å². The Labute approximate surface area is 143 Å². The molecular weight excluding hydrogens is 308 g/mol. The summed E-state index contributed by atoms with van der Waals surface area (Å²) >= 11 is 5.96. The van der Waals surface area contributed by atoms with Gasteiger partial charge in [0.1, 0.15) is 12.3 Å². The first-order valence-corrected chi connectivity index (χ1v) is 8.69. The van der Waals surface area contributed by atoms with Crippen molar-refractivity contribution in [1.29, 1.82) is 0 Å². The molecule has 0 saturated carbocycles. The topological polar surface area (TPSA) is 16.9 Å². The minimum absolute atomic E-state index is 0.707. The molecule has 1 aliphatic heterocycles. The van der Waals surface area contributed by atoms with Crippen LogP contribution in [0, 0.1) is 0 Å². The molecule has 1 fully saturated rings. The van der Waals surface area contributed by atoms with Gasteiger partial charge in [-0.1, -0.05) is 35.9 Å². The van der Waals surface area contributed by atoms with Gasteiger partial charge in [-0.3, -0.25) is 0 Å². The smallest absolute Gasteiger partial charge is 0.142 e. The Hall–Kier alpha value is -1.71. The maximum atomic E-state index is 5.96. The van der Waals surface area contributed by atoms with Crippen molar-refractivity contribution in [2.45, 2.75) is 13.5 Å². The van der Waals surface area contributed by atoms with Crippen molar-refractivity contribution in [3.05, 3.63) is 59.1 Å². The van der Waals surface area contributed by atoms with Crippen LogP contribution >= 0.6 is 11.6 Å². The molecule has 1 heterocycles. The fraction of sp³-hybridized carbons (Fsp3) is 0.368. The third-order valence-electron chi connectivity index (χ3n) is 4.34. The van der Waals surface area contributed by atoms with E-state index in [1.165, 1.54) is 11.3 Å². The van der Waals surface area contributed by atoms with Crippen LogP contribution in [0.1, 0.15) is 12.5 Å². The molecule has 0 aromatic heterocycles. The molecule has 1 aliphatic rings. The molecule has 0 amide bonds. The highest BCUT2D eigenvalue weighted by Gasteiger charge is 2.22. The minimum atomic E-state index is 0.707. The van der Waals surface area contributed by atoms with Crippen LogP contribution in [-0.4, -0.2) is 32.8 Å². The van der Waals surface area contributed by atoms with Crippen LogP contribution in [0.3, 0.4) is 0 Å². The van der Waals surface area contributed by atoms with E-state index >= 15 is 0 Å². The summed E-state index contributed by atoms with van der Waals surface area (Å²) in [7, 11) is 0. The summed E-state index contributed by atoms with van der Waals surface area (Å²) in [6.45, 7) is 8.22. The van der Waals surface area contributed by atoms with Crippen LogP contribution in [-0.2, 0) is 6.54 Å². The average molecular weight is 332 g/mol. The van der Waals surface area contributed by atoms with E-state index in [2.05, 4.69) is 35.2 Å². The van der Waals surface area contributed by atoms with Crippen molar-refractivity contribution in [2.75, 3.05) is 37.7 Å². The number of hydrogen-bond acceptors (Lipinski definition) is 2. The van der Waals surface area contributed by atoms with Gasteiger partial charge in [0, 0.05) is 10.6 Å². The number of para-hydroxylation sites is 2. The van der Waals surface area contributed by atoms with Gasteiger partial charge in [-0.25, -0.2) is 0 Å². The Balaban J connectivity index is 1.59. The highest BCUT2D eigenvalue weighted by molar-refractivity contribution is 6.30. The lowest BCUT2D eigenvalue weighted by molar-refractivity contribution is -0.914. The standard InChI is InChI=1S/C19H23ClN2O/c1-2-23-19-6-4-3-5-18(19)22-13-11-21(12-14-22)15-16-7-9-17(20)10-8-16/h3-10H,2,11-15H2,1H3/p+1. The summed E-state index contributed by atoms with van der Waals surface area (Å²) in [4.78, 5) is 4.06. The molecule has 3 rings (SSSR count). The predicted molar refractivity (Wildman–Crippen MR) is 95.7 cm³/mol. The highest BCUT2D eigenvalue weighted by atomic mass is 35.5. The van der Waals surface area contributed by atoms with E-state index in [4.69, 9.17) is 16.3 Å². The molecule has 1 N–H and O–H groups in total. The number of rotatable bonds is 5. The van der Waals surface area contributed by atoms with Crippen LogP contribution < -0.4 is 14.5 Å². The SMILES string of the molecule is CCOc1ccccc1N1CC[NH+](Cc2ccc(Cl)cc2)CC1. The molecule has 0 aliphatic carbocycles. The lowest BCUT2D eigenvalue weighted by Crippen LogP contribution is -3.13. The number of ether oxygens (including phenoxy) is 1. The van der Waals surface area contributed by atoms with Gasteiger partial charge in [-0.05, 0) is 31.2 Å². The van der Waals surface area contributed by atoms with Crippen molar-refractivity contribution in [2.24, 2.45) is 0 Å². The van der Waals surface area contributed by atoms with Crippen molar-refractivity contribution < 1.29 is 9.64 Å². The summed E-state index contributed by atoms with van der Waals surface area (Å²) in [5, 5.41) is 0.807. The highest BCUT2D eigenvalue weighted by Crippen LogP contribution is 2.27. The summed E-state index contributed by atoms with van der Waals surface area (Å²) in [6, 6.07) is 16.6. The van der Waals surface area contributed by atoms with Gasteiger partial charge in [-0.15, -0.1) is 0 Å². The number of halogens is 1. The number of nitrogens with one attached hydrogen (secondary N) is 1.